The van der Waals surface area contributed by atoms with Crippen molar-refractivity contribution in [3.63, 3.8) is 0 Å². The molecule has 7 heteroatoms. The summed E-state index contributed by atoms with van der Waals surface area (Å²) in [7, 11) is 5.90. The van der Waals surface area contributed by atoms with Crippen LogP contribution in [-0.4, -0.2) is 48.6 Å². The molecule has 0 fully saturated rings. The zero-order chi connectivity index (χ0) is 17.8. The number of aliphatic imine (C=N–C) groups is 1. The predicted octanol–water partition coefficient (Wildman–Crippen LogP) is 3.16. The molecule has 0 aliphatic heterocycles. The number of aromatic nitrogens is 1. The Kier molecular flexibility index (Phi) is 13.3. The van der Waals surface area contributed by atoms with Gasteiger partial charge in [0, 0.05) is 46.0 Å². The third kappa shape index (κ3) is 9.72. The number of rotatable bonds is 10. The Morgan fingerprint density at radius 3 is 2.64 bits per heavy atom. The van der Waals surface area contributed by atoms with Crippen LogP contribution in [0, 0.1) is 0 Å². The molecule has 1 N–H and O–H groups in total. The van der Waals surface area contributed by atoms with Gasteiger partial charge in [-0.2, -0.15) is 0 Å². The Morgan fingerprint density at radius 1 is 1.32 bits per heavy atom. The van der Waals surface area contributed by atoms with Gasteiger partial charge in [0.2, 0.25) is 0 Å². The number of esters is 1. The molecule has 0 saturated heterocycles. The number of hydrogen-bond acceptors (Lipinski definition) is 3. The zero-order valence-electron chi connectivity index (χ0n) is 16.0. The van der Waals surface area contributed by atoms with Crippen LogP contribution in [0.3, 0.4) is 0 Å². The predicted molar refractivity (Wildman–Crippen MR) is 113 cm³/mol. The molecule has 0 aromatic carbocycles. The fraction of sp³-hybridized carbons (Fsp3) is 0.667. The Labute approximate surface area is 169 Å². The van der Waals surface area contributed by atoms with E-state index >= 15 is 0 Å². The third-order valence-electron chi connectivity index (χ3n) is 3.92. The van der Waals surface area contributed by atoms with Gasteiger partial charge in [-0.05, 0) is 31.9 Å². The van der Waals surface area contributed by atoms with Gasteiger partial charge in [0.25, 0.3) is 0 Å². The lowest BCUT2D eigenvalue weighted by Gasteiger charge is -2.22. The summed E-state index contributed by atoms with van der Waals surface area (Å²) >= 11 is 0. The highest BCUT2D eigenvalue weighted by Crippen LogP contribution is 2.05. The number of guanidine groups is 1. The number of nitrogens with one attached hydrogen (secondary N) is 1. The molecule has 144 valence electrons. The lowest BCUT2D eigenvalue weighted by Crippen LogP contribution is -2.39. The van der Waals surface area contributed by atoms with Gasteiger partial charge in [-0.25, -0.2) is 0 Å². The first-order chi connectivity index (χ1) is 11.6. The van der Waals surface area contributed by atoms with E-state index in [0.717, 1.165) is 44.7 Å². The number of ether oxygens (including phenoxy) is 1. The molecule has 0 aliphatic rings. The van der Waals surface area contributed by atoms with Crippen LogP contribution in [-0.2, 0) is 23.1 Å². The van der Waals surface area contributed by atoms with Gasteiger partial charge in [0.1, 0.15) is 0 Å². The van der Waals surface area contributed by atoms with Crippen molar-refractivity contribution in [1.82, 2.24) is 14.8 Å². The van der Waals surface area contributed by atoms with Gasteiger partial charge >= 0.3 is 5.97 Å². The van der Waals surface area contributed by atoms with Gasteiger partial charge < -0.3 is 19.5 Å². The second kappa shape index (κ2) is 14.0. The molecule has 1 heterocycles. The number of aryl methyl sites for hydroxylation is 1. The molecule has 0 aliphatic carbocycles. The fourth-order valence-corrected chi connectivity index (χ4v) is 2.54. The molecule has 0 amide bonds. The van der Waals surface area contributed by atoms with E-state index in [1.54, 1.807) is 0 Å². The SMILES string of the molecule is CCOC(=O)CCCCCCNC(=NC)N(C)Cc1cccn1C.I. The quantitative estimate of drug-likeness (QED) is 0.190. The normalized spacial score (nSPS) is 11.0. The first kappa shape index (κ1) is 23.8. The minimum absolute atomic E-state index is 0. The summed E-state index contributed by atoms with van der Waals surface area (Å²) in [5.74, 6) is 0.820. The Hall–Kier alpha value is -1.25. The first-order valence-corrected chi connectivity index (χ1v) is 8.76. The highest BCUT2D eigenvalue weighted by atomic mass is 127. The molecule has 0 atom stereocenters. The van der Waals surface area contributed by atoms with Crippen molar-refractivity contribution in [2.24, 2.45) is 12.0 Å². The molecule has 0 unspecified atom stereocenters. The van der Waals surface area contributed by atoms with Crippen molar-refractivity contribution in [3.05, 3.63) is 24.0 Å². The summed E-state index contributed by atoms with van der Waals surface area (Å²) in [6.07, 6.45) is 6.71. The molecule has 0 radical (unpaired) electrons. The third-order valence-corrected chi connectivity index (χ3v) is 3.92. The smallest absolute Gasteiger partial charge is 0.305 e. The lowest BCUT2D eigenvalue weighted by molar-refractivity contribution is -0.143. The molecule has 25 heavy (non-hydrogen) atoms. The van der Waals surface area contributed by atoms with E-state index in [0.29, 0.717) is 13.0 Å². The van der Waals surface area contributed by atoms with Crippen LogP contribution in [0.1, 0.15) is 44.7 Å². The molecule has 1 aromatic heterocycles. The highest BCUT2D eigenvalue weighted by molar-refractivity contribution is 14.0. The minimum atomic E-state index is -0.0849. The zero-order valence-corrected chi connectivity index (χ0v) is 18.3. The lowest BCUT2D eigenvalue weighted by atomic mass is 10.1. The molecule has 0 spiro atoms. The summed E-state index contributed by atoms with van der Waals surface area (Å²) in [6.45, 7) is 4.02. The summed E-state index contributed by atoms with van der Waals surface area (Å²) in [6, 6.07) is 4.17. The highest BCUT2D eigenvalue weighted by Gasteiger charge is 2.07. The fourth-order valence-electron chi connectivity index (χ4n) is 2.54. The average molecular weight is 464 g/mol. The van der Waals surface area contributed by atoms with Crippen molar-refractivity contribution < 1.29 is 9.53 Å². The van der Waals surface area contributed by atoms with E-state index in [2.05, 4.69) is 45.2 Å². The number of halogens is 1. The van der Waals surface area contributed by atoms with E-state index < -0.39 is 0 Å². The number of carbonyl (C=O) groups excluding carboxylic acids is 1. The maximum absolute atomic E-state index is 11.2. The molecule has 6 nitrogen and oxygen atoms in total. The van der Waals surface area contributed by atoms with E-state index in [4.69, 9.17) is 4.74 Å². The van der Waals surface area contributed by atoms with Crippen molar-refractivity contribution in [1.29, 1.82) is 0 Å². The van der Waals surface area contributed by atoms with Crippen molar-refractivity contribution >= 4 is 35.9 Å². The van der Waals surface area contributed by atoms with Crippen molar-refractivity contribution in [3.8, 4) is 0 Å². The van der Waals surface area contributed by atoms with Crippen LogP contribution < -0.4 is 5.32 Å². The van der Waals surface area contributed by atoms with E-state index in [-0.39, 0.29) is 29.9 Å². The summed E-state index contributed by atoms with van der Waals surface area (Å²) in [4.78, 5) is 17.7. The molecular formula is C18H33IN4O2. The average Bonchev–Trinajstić information content (AvgIpc) is 2.95. The molecule has 1 aromatic rings. The molecule has 0 bridgehead atoms. The molecule has 0 saturated carbocycles. The van der Waals surface area contributed by atoms with Crippen LogP contribution in [0.15, 0.2) is 23.3 Å². The summed E-state index contributed by atoms with van der Waals surface area (Å²) in [5, 5.41) is 3.40. The Bertz CT molecular complexity index is 517. The van der Waals surface area contributed by atoms with Crippen molar-refractivity contribution in [2.75, 3.05) is 27.2 Å². The van der Waals surface area contributed by atoms with Gasteiger partial charge in [-0.1, -0.05) is 12.8 Å². The van der Waals surface area contributed by atoms with Crippen molar-refractivity contribution in [2.45, 2.75) is 45.6 Å². The van der Waals surface area contributed by atoms with Crippen LogP contribution in [0.5, 0.6) is 0 Å². The van der Waals surface area contributed by atoms with E-state index in [9.17, 15) is 4.79 Å². The van der Waals surface area contributed by atoms with Crippen LogP contribution in [0.25, 0.3) is 0 Å². The van der Waals surface area contributed by atoms with Crippen LogP contribution in [0.2, 0.25) is 0 Å². The first-order valence-electron chi connectivity index (χ1n) is 8.76. The second-order valence-corrected chi connectivity index (χ2v) is 5.91. The molecular weight excluding hydrogens is 431 g/mol. The standard InChI is InChI=1S/C18H32N4O2.HI/c1-5-24-17(23)12-8-6-7-9-13-20-18(19-2)22(4)15-16-11-10-14-21(16)3;/h10-11,14H,5-9,12-13,15H2,1-4H3,(H,19,20);1H. The van der Waals surface area contributed by atoms with Gasteiger partial charge in [-0.3, -0.25) is 9.79 Å². The monoisotopic (exact) mass is 464 g/mol. The number of hydrogen-bond donors (Lipinski definition) is 1. The number of nitrogens with zero attached hydrogens (tertiary/aromatic N) is 3. The van der Waals surface area contributed by atoms with Gasteiger partial charge in [0.05, 0.1) is 13.2 Å². The number of unbranched alkanes of at least 4 members (excludes halogenated alkanes) is 3. The van der Waals surface area contributed by atoms with Gasteiger partial charge in [0.15, 0.2) is 5.96 Å². The van der Waals surface area contributed by atoms with Gasteiger partial charge in [-0.15, -0.1) is 24.0 Å². The largest absolute Gasteiger partial charge is 0.466 e. The minimum Gasteiger partial charge on any atom is -0.466 e. The van der Waals surface area contributed by atoms with Crippen LogP contribution >= 0.6 is 24.0 Å². The summed E-state index contributed by atoms with van der Waals surface area (Å²) < 4.78 is 7.04. The topological polar surface area (TPSA) is 58.9 Å². The number of carbonyl (C=O) groups is 1. The Balaban J connectivity index is 0.00000576. The molecule has 1 rings (SSSR count). The second-order valence-electron chi connectivity index (χ2n) is 5.91. The van der Waals surface area contributed by atoms with E-state index in [1.807, 2.05) is 21.0 Å². The van der Waals surface area contributed by atoms with E-state index in [1.165, 1.54) is 5.69 Å². The Morgan fingerprint density at radius 2 is 2.04 bits per heavy atom. The van der Waals surface area contributed by atoms with Crippen LogP contribution in [0.4, 0.5) is 0 Å². The summed E-state index contributed by atoms with van der Waals surface area (Å²) in [5.41, 5.74) is 1.25. The maximum atomic E-state index is 11.2. The maximum Gasteiger partial charge on any atom is 0.305 e.